The predicted molar refractivity (Wildman–Crippen MR) is 109 cm³/mol. The molecule has 1 heterocycles. The number of nitrogens with zero attached hydrogens (tertiary/aromatic N) is 3. The highest BCUT2D eigenvalue weighted by Crippen LogP contribution is 2.26. The number of hydrogen-bond acceptors (Lipinski definition) is 5. The average molecular weight is 410 g/mol. The van der Waals surface area contributed by atoms with Crippen LogP contribution in [0.15, 0.2) is 16.9 Å². The molecule has 0 aliphatic heterocycles. The van der Waals surface area contributed by atoms with Crippen LogP contribution in [0.3, 0.4) is 0 Å². The van der Waals surface area contributed by atoms with Crippen molar-refractivity contribution in [2.45, 2.75) is 72.9 Å². The Morgan fingerprint density at radius 3 is 2.52 bits per heavy atom. The Kier molecular flexibility index (Phi) is 7.98. The summed E-state index contributed by atoms with van der Waals surface area (Å²) >= 11 is 0. The molecule has 3 unspecified atom stereocenters. The van der Waals surface area contributed by atoms with Gasteiger partial charge < -0.3 is 14.2 Å². The summed E-state index contributed by atoms with van der Waals surface area (Å²) < 4.78 is 34.2. The molecule has 8 heteroatoms. The topological polar surface area (TPSA) is 67.5 Å². The monoisotopic (exact) mass is 409 g/mol. The smallest absolute Gasteiger partial charge is 0.350 e. The summed E-state index contributed by atoms with van der Waals surface area (Å²) in [5, 5.41) is 4.33. The van der Waals surface area contributed by atoms with Gasteiger partial charge in [0.2, 0.25) is 0 Å². The molecular formula is C21H32FN3O4. The largest absolute Gasteiger partial charge is 0.490 e. The maximum absolute atomic E-state index is 14.7. The van der Waals surface area contributed by atoms with Crippen LogP contribution >= 0.6 is 0 Å². The first kappa shape index (κ1) is 23.1. The number of aromatic nitrogens is 3. The predicted octanol–water partition coefficient (Wildman–Crippen LogP) is 4.05. The van der Waals surface area contributed by atoms with Crippen molar-refractivity contribution < 1.29 is 18.6 Å². The Morgan fingerprint density at radius 2 is 1.90 bits per heavy atom. The van der Waals surface area contributed by atoms with E-state index in [1.807, 2.05) is 13.8 Å². The summed E-state index contributed by atoms with van der Waals surface area (Å²) in [6.07, 6.45) is 0.888. The van der Waals surface area contributed by atoms with Gasteiger partial charge in [0.15, 0.2) is 12.1 Å². The zero-order chi connectivity index (χ0) is 21.7. The molecule has 1 aromatic carbocycles. The lowest BCUT2D eigenvalue weighted by Crippen LogP contribution is -2.24. The molecule has 7 nitrogen and oxygen atoms in total. The minimum Gasteiger partial charge on any atom is -0.490 e. The number of ether oxygens (including phenoxy) is 3. The van der Waals surface area contributed by atoms with Gasteiger partial charge in [0.25, 0.3) is 0 Å². The van der Waals surface area contributed by atoms with Gasteiger partial charge in [-0.25, -0.2) is 9.18 Å². The fraction of sp³-hybridized carbons (Fsp3) is 0.619. The second-order valence-electron chi connectivity index (χ2n) is 7.20. The molecule has 0 aliphatic carbocycles. The first-order chi connectivity index (χ1) is 13.7. The van der Waals surface area contributed by atoms with Gasteiger partial charge in [-0.1, -0.05) is 13.3 Å². The Morgan fingerprint density at radius 1 is 1.21 bits per heavy atom. The molecule has 2 aromatic rings. The van der Waals surface area contributed by atoms with Crippen molar-refractivity contribution in [1.29, 1.82) is 0 Å². The molecule has 162 valence electrons. The molecule has 0 bridgehead atoms. The van der Waals surface area contributed by atoms with Crippen molar-refractivity contribution in [3.63, 3.8) is 0 Å². The maximum atomic E-state index is 14.7. The molecule has 0 N–H and O–H groups in total. The van der Waals surface area contributed by atoms with Crippen molar-refractivity contribution in [2.75, 3.05) is 6.61 Å². The van der Waals surface area contributed by atoms with Gasteiger partial charge in [-0.15, -0.1) is 5.10 Å². The minimum absolute atomic E-state index is 0.0125. The normalized spacial score (nSPS) is 14.6. The standard InChI is InChI=1S/C21H32FN3O4/c1-8-10-14(4)28-19-12-18(17(22)11-13(19)3)25-21(26)24(7)20(23-25)15(5)29-16(6)27-9-2/h11-12,14-16H,8-10H2,1-7H3. The van der Waals surface area contributed by atoms with Gasteiger partial charge in [-0.05, 0) is 52.7 Å². The van der Waals surface area contributed by atoms with E-state index in [1.165, 1.54) is 16.7 Å². The van der Waals surface area contributed by atoms with Gasteiger partial charge in [-0.2, -0.15) is 4.68 Å². The van der Waals surface area contributed by atoms with Crippen LogP contribution in [0.25, 0.3) is 5.69 Å². The molecule has 0 saturated carbocycles. The highest BCUT2D eigenvalue weighted by atomic mass is 19.1. The van der Waals surface area contributed by atoms with Crippen LogP contribution < -0.4 is 10.4 Å². The van der Waals surface area contributed by atoms with Crippen LogP contribution in [0.1, 0.15) is 65.0 Å². The maximum Gasteiger partial charge on any atom is 0.350 e. The van der Waals surface area contributed by atoms with Crippen LogP contribution in [-0.2, 0) is 16.5 Å². The second kappa shape index (κ2) is 10.0. The van der Waals surface area contributed by atoms with E-state index < -0.39 is 23.9 Å². The van der Waals surface area contributed by atoms with Crippen molar-refractivity contribution in [3.05, 3.63) is 39.8 Å². The number of rotatable bonds is 10. The fourth-order valence-corrected chi connectivity index (χ4v) is 3.20. The molecule has 0 fully saturated rings. The lowest BCUT2D eigenvalue weighted by molar-refractivity contribution is -0.156. The van der Waals surface area contributed by atoms with E-state index in [9.17, 15) is 9.18 Å². The molecule has 1 aromatic heterocycles. The molecule has 0 saturated heterocycles. The first-order valence-corrected chi connectivity index (χ1v) is 10.1. The highest BCUT2D eigenvalue weighted by molar-refractivity contribution is 5.45. The zero-order valence-corrected chi connectivity index (χ0v) is 18.4. The van der Waals surface area contributed by atoms with Crippen molar-refractivity contribution in [1.82, 2.24) is 14.3 Å². The van der Waals surface area contributed by atoms with Crippen LogP contribution in [0.4, 0.5) is 4.39 Å². The van der Waals surface area contributed by atoms with Gasteiger partial charge in [-0.3, -0.25) is 4.57 Å². The second-order valence-corrected chi connectivity index (χ2v) is 7.20. The molecule has 29 heavy (non-hydrogen) atoms. The number of halogens is 1. The Labute approximate surface area is 171 Å². The lowest BCUT2D eigenvalue weighted by Gasteiger charge is -2.18. The lowest BCUT2D eigenvalue weighted by atomic mass is 10.1. The highest BCUT2D eigenvalue weighted by Gasteiger charge is 2.22. The number of benzene rings is 1. The van der Waals surface area contributed by atoms with Crippen LogP contribution in [0.2, 0.25) is 0 Å². The van der Waals surface area contributed by atoms with Gasteiger partial charge >= 0.3 is 5.69 Å². The average Bonchev–Trinajstić information content (AvgIpc) is 2.93. The molecule has 0 radical (unpaired) electrons. The van der Waals surface area contributed by atoms with E-state index in [1.54, 1.807) is 27.8 Å². The van der Waals surface area contributed by atoms with E-state index in [0.717, 1.165) is 17.5 Å². The third-order valence-electron chi connectivity index (χ3n) is 4.67. The summed E-state index contributed by atoms with van der Waals surface area (Å²) in [5.41, 5.74) is 0.252. The van der Waals surface area contributed by atoms with Crippen LogP contribution in [0.5, 0.6) is 5.75 Å². The summed E-state index contributed by atoms with van der Waals surface area (Å²) in [6, 6.07) is 2.89. The Balaban J connectivity index is 2.41. The quantitative estimate of drug-likeness (QED) is 0.554. The summed E-state index contributed by atoms with van der Waals surface area (Å²) in [4.78, 5) is 12.7. The Bertz CT molecular complexity index is 878. The van der Waals surface area contributed by atoms with E-state index in [4.69, 9.17) is 14.2 Å². The summed E-state index contributed by atoms with van der Waals surface area (Å²) in [6.45, 7) is 11.7. The van der Waals surface area contributed by atoms with Crippen LogP contribution in [0, 0.1) is 12.7 Å². The molecule has 3 atom stereocenters. The fourth-order valence-electron chi connectivity index (χ4n) is 3.20. The van der Waals surface area contributed by atoms with E-state index >= 15 is 0 Å². The number of aryl methyl sites for hydroxylation is 1. The molecule has 0 aliphatic rings. The first-order valence-electron chi connectivity index (χ1n) is 10.1. The molecular weight excluding hydrogens is 377 g/mol. The third kappa shape index (κ3) is 5.45. The van der Waals surface area contributed by atoms with Crippen molar-refractivity contribution >= 4 is 0 Å². The summed E-state index contributed by atoms with van der Waals surface area (Å²) in [5.74, 6) is 0.375. The molecule has 0 spiro atoms. The van der Waals surface area contributed by atoms with Gasteiger partial charge in [0.05, 0.1) is 6.10 Å². The molecule has 2 rings (SSSR count). The minimum atomic E-state index is -0.541. The SMILES string of the molecule is CCCC(C)Oc1cc(-n2nc(C(C)OC(C)OCC)n(C)c2=O)c(F)cc1C. The van der Waals surface area contributed by atoms with Gasteiger partial charge in [0.1, 0.15) is 23.4 Å². The Hall–Kier alpha value is -2.19. The number of hydrogen-bond donors (Lipinski definition) is 0. The van der Waals surface area contributed by atoms with E-state index in [0.29, 0.717) is 23.7 Å². The van der Waals surface area contributed by atoms with Crippen LogP contribution in [-0.4, -0.2) is 33.3 Å². The van der Waals surface area contributed by atoms with E-state index in [-0.39, 0.29) is 11.8 Å². The van der Waals surface area contributed by atoms with Crippen molar-refractivity contribution in [3.8, 4) is 11.4 Å². The van der Waals surface area contributed by atoms with E-state index in [2.05, 4.69) is 12.0 Å². The van der Waals surface area contributed by atoms with Crippen molar-refractivity contribution in [2.24, 2.45) is 7.05 Å². The van der Waals surface area contributed by atoms with Gasteiger partial charge in [0, 0.05) is 19.7 Å². The summed E-state index contributed by atoms with van der Waals surface area (Å²) in [7, 11) is 1.58. The molecule has 0 amide bonds. The zero-order valence-electron chi connectivity index (χ0n) is 18.4. The third-order valence-corrected chi connectivity index (χ3v) is 4.67.